The SMILES string of the molecule is C[C@@H](NC[C@H]1C[C@@H](c2ccc(C(=O)O)cc2)c2ccccc2O1)c1cccc2ccccc12.Cl. The molecule has 1 aliphatic rings. The van der Waals surface area contributed by atoms with Crippen molar-refractivity contribution in [3.8, 4) is 5.75 Å². The van der Waals surface area contributed by atoms with Crippen molar-refractivity contribution in [3.63, 3.8) is 0 Å². The van der Waals surface area contributed by atoms with Gasteiger partial charge in [0.05, 0.1) is 5.56 Å². The zero-order chi connectivity index (χ0) is 22.8. The van der Waals surface area contributed by atoms with Crippen LogP contribution in [0.1, 0.15) is 52.4 Å². The summed E-state index contributed by atoms with van der Waals surface area (Å²) in [4.78, 5) is 11.3. The molecule has 0 unspecified atom stereocenters. The van der Waals surface area contributed by atoms with E-state index in [1.54, 1.807) is 12.1 Å². The molecule has 5 rings (SSSR count). The van der Waals surface area contributed by atoms with Gasteiger partial charge in [0.2, 0.25) is 0 Å². The van der Waals surface area contributed by atoms with Crippen LogP contribution in [-0.2, 0) is 0 Å². The first kappa shape index (κ1) is 23.8. The number of hydrogen-bond donors (Lipinski definition) is 2. The van der Waals surface area contributed by atoms with E-state index in [9.17, 15) is 9.90 Å². The molecule has 0 saturated heterocycles. The number of carboxylic acids is 1. The molecule has 0 saturated carbocycles. The van der Waals surface area contributed by atoms with E-state index in [0.29, 0.717) is 5.56 Å². The number of halogens is 1. The minimum Gasteiger partial charge on any atom is -0.489 e. The molecule has 34 heavy (non-hydrogen) atoms. The second-order valence-corrected chi connectivity index (χ2v) is 8.69. The normalized spacial score (nSPS) is 17.8. The topological polar surface area (TPSA) is 58.6 Å². The number of rotatable bonds is 6. The lowest BCUT2D eigenvalue weighted by molar-refractivity contribution is 0.0697. The molecule has 0 radical (unpaired) electrons. The molecular formula is C29H28ClNO3. The average Bonchev–Trinajstić information content (AvgIpc) is 2.86. The Morgan fingerprint density at radius 3 is 2.47 bits per heavy atom. The van der Waals surface area contributed by atoms with E-state index in [1.165, 1.54) is 16.3 Å². The zero-order valence-electron chi connectivity index (χ0n) is 19.0. The standard InChI is InChI=1S/C29H27NO3.ClH/c1-19(24-11-6-8-20-7-2-3-9-25(20)24)30-18-23-17-27(26-10-4-5-12-28(26)33-23)21-13-15-22(16-14-21)29(31)32;/h2-16,19,23,27,30H,17-18H2,1H3,(H,31,32);1H/t19-,23-,27+;/m1./s1. The lowest BCUT2D eigenvalue weighted by Crippen LogP contribution is -2.37. The van der Waals surface area contributed by atoms with Crippen LogP contribution < -0.4 is 10.1 Å². The number of carbonyl (C=O) groups is 1. The molecule has 3 atom stereocenters. The highest BCUT2D eigenvalue weighted by Gasteiger charge is 2.29. The summed E-state index contributed by atoms with van der Waals surface area (Å²) in [5, 5.41) is 15.4. The molecule has 0 aliphatic carbocycles. The van der Waals surface area contributed by atoms with Gasteiger partial charge in [-0.25, -0.2) is 4.79 Å². The Morgan fingerprint density at radius 2 is 1.68 bits per heavy atom. The van der Waals surface area contributed by atoms with Crippen molar-refractivity contribution in [1.29, 1.82) is 0 Å². The summed E-state index contributed by atoms with van der Waals surface area (Å²) in [7, 11) is 0. The molecule has 1 aliphatic heterocycles. The van der Waals surface area contributed by atoms with Crippen LogP contribution in [0.5, 0.6) is 5.75 Å². The maximum absolute atomic E-state index is 11.3. The first-order chi connectivity index (χ1) is 16.1. The van der Waals surface area contributed by atoms with E-state index in [-0.39, 0.29) is 30.5 Å². The Bertz CT molecular complexity index is 1280. The largest absolute Gasteiger partial charge is 0.489 e. The zero-order valence-corrected chi connectivity index (χ0v) is 19.8. The van der Waals surface area contributed by atoms with E-state index < -0.39 is 5.97 Å². The van der Waals surface area contributed by atoms with E-state index in [4.69, 9.17) is 4.74 Å². The first-order valence-electron chi connectivity index (χ1n) is 11.4. The van der Waals surface area contributed by atoms with E-state index in [0.717, 1.165) is 29.8 Å². The van der Waals surface area contributed by atoms with Crippen LogP contribution in [0.3, 0.4) is 0 Å². The van der Waals surface area contributed by atoms with E-state index >= 15 is 0 Å². The molecule has 0 amide bonds. The van der Waals surface area contributed by atoms with Crippen LogP contribution in [0, 0.1) is 0 Å². The van der Waals surface area contributed by atoms with Gasteiger partial charge in [0, 0.05) is 24.1 Å². The van der Waals surface area contributed by atoms with Crippen molar-refractivity contribution in [2.45, 2.75) is 31.4 Å². The molecule has 2 N–H and O–H groups in total. The van der Waals surface area contributed by atoms with Crippen molar-refractivity contribution < 1.29 is 14.6 Å². The minimum absolute atomic E-state index is 0. The summed E-state index contributed by atoms with van der Waals surface area (Å²) in [6.45, 7) is 2.92. The summed E-state index contributed by atoms with van der Waals surface area (Å²) < 4.78 is 6.36. The number of benzene rings is 4. The molecule has 4 nitrogen and oxygen atoms in total. The van der Waals surface area contributed by atoms with Crippen LogP contribution in [0.25, 0.3) is 10.8 Å². The highest BCUT2D eigenvalue weighted by atomic mass is 35.5. The minimum atomic E-state index is -0.904. The Hall–Kier alpha value is -3.34. The van der Waals surface area contributed by atoms with Gasteiger partial charge in [0.1, 0.15) is 11.9 Å². The third-order valence-corrected chi connectivity index (χ3v) is 6.59. The molecule has 4 aromatic carbocycles. The van der Waals surface area contributed by atoms with Gasteiger partial charge in [-0.3, -0.25) is 0 Å². The molecule has 0 bridgehead atoms. The van der Waals surface area contributed by atoms with Gasteiger partial charge in [-0.2, -0.15) is 0 Å². The summed E-state index contributed by atoms with van der Waals surface area (Å²) >= 11 is 0. The lowest BCUT2D eigenvalue weighted by Gasteiger charge is -2.33. The van der Waals surface area contributed by atoms with Gasteiger partial charge < -0.3 is 15.2 Å². The summed E-state index contributed by atoms with van der Waals surface area (Å²) in [5.41, 5.74) is 3.85. The number of carboxylic acid groups (broad SMARTS) is 1. The number of nitrogens with one attached hydrogen (secondary N) is 1. The quantitative estimate of drug-likeness (QED) is 0.331. The van der Waals surface area contributed by atoms with Crippen molar-refractivity contribution >= 4 is 29.1 Å². The predicted octanol–water partition coefficient (Wildman–Crippen LogP) is 6.59. The van der Waals surface area contributed by atoms with Gasteiger partial charge in [-0.05, 0) is 53.4 Å². The smallest absolute Gasteiger partial charge is 0.335 e. The fourth-order valence-electron chi connectivity index (χ4n) is 4.84. The number of fused-ring (bicyclic) bond motifs is 2. The number of ether oxygens (including phenoxy) is 1. The maximum atomic E-state index is 11.3. The fourth-order valence-corrected chi connectivity index (χ4v) is 4.84. The third kappa shape index (κ3) is 4.79. The average molecular weight is 474 g/mol. The van der Waals surface area contributed by atoms with E-state index in [2.05, 4.69) is 60.8 Å². The predicted molar refractivity (Wildman–Crippen MR) is 138 cm³/mol. The third-order valence-electron chi connectivity index (χ3n) is 6.59. The van der Waals surface area contributed by atoms with Crippen LogP contribution in [0.4, 0.5) is 0 Å². The van der Waals surface area contributed by atoms with Gasteiger partial charge in [0.25, 0.3) is 0 Å². The Morgan fingerprint density at radius 1 is 0.971 bits per heavy atom. The highest BCUT2D eigenvalue weighted by Crippen LogP contribution is 2.40. The second kappa shape index (κ2) is 10.3. The monoisotopic (exact) mass is 473 g/mol. The van der Waals surface area contributed by atoms with Crippen LogP contribution in [0.2, 0.25) is 0 Å². The highest BCUT2D eigenvalue weighted by molar-refractivity contribution is 5.87. The summed E-state index contributed by atoms with van der Waals surface area (Å²) in [6.07, 6.45) is 0.847. The number of aromatic carboxylic acids is 1. The van der Waals surface area contributed by atoms with Gasteiger partial charge in [-0.1, -0.05) is 72.8 Å². The molecule has 0 aromatic heterocycles. The first-order valence-corrected chi connectivity index (χ1v) is 11.4. The van der Waals surface area contributed by atoms with Crippen molar-refractivity contribution in [3.05, 3.63) is 113 Å². The van der Waals surface area contributed by atoms with Gasteiger partial charge >= 0.3 is 5.97 Å². The van der Waals surface area contributed by atoms with Gasteiger partial charge in [0.15, 0.2) is 0 Å². The maximum Gasteiger partial charge on any atom is 0.335 e. The fraction of sp³-hybridized carbons (Fsp3) is 0.207. The van der Waals surface area contributed by atoms with Gasteiger partial charge in [-0.15, -0.1) is 12.4 Å². The molecule has 5 heteroatoms. The molecule has 0 fully saturated rings. The molecule has 174 valence electrons. The van der Waals surface area contributed by atoms with E-state index in [1.807, 2.05) is 30.3 Å². The van der Waals surface area contributed by atoms with Crippen molar-refractivity contribution in [2.24, 2.45) is 0 Å². The molecule has 0 spiro atoms. The summed E-state index contributed by atoms with van der Waals surface area (Å²) in [5.74, 6) is 0.163. The Kier molecular flexibility index (Phi) is 7.20. The molecular weight excluding hydrogens is 446 g/mol. The number of hydrogen-bond acceptors (Lipinski definition) is 3. The van der Waals surface area contributed by atoms with Crippen LogP contribution >= 0.6 is 12.4 Å². The van der Waals surface area contributed by atoms with Crippen LogP contribution in [0.15, 0.2) is 91.0 Å². The second-order valence-electron chi connectivity index (χ2n) is 8.69. The Balaban J connectivity index is 0.00000274. The van der Waals surface area contributed by atoms with Crippen LogP contribution in [-0.4, -0.2) is 23.7 Å². The van der Waals surface area contributed by atoms with Crippen molar-refractivity contribution in [2.75, 3.05) is 6.54 Å². The molecule has 4 aromatic rings. The number of para-hydroxylation sites is 1. The lowest BCUT2D eigenvalue weighted by atomic mass is 9.84. The van der Waals surface area contributed by atoms with Crippen molar-refractivity contribution in [1.82, 2.24) is 5.32 Å². The molecule has 1 heterocycles. The summed E-state index contributed by atoms with van der Waals surface area (Å²) in [6, 6.07) is 30.5. The Labute approximate surface area is 206 Å².